The van der Waals surface area contributed by atoms with E-state index in [4.69, 9.17) is 0 Å². The molecule has 0 fully saturated rings. The van der Waals surface area contributed by atoms with Gasteiger partial charge in [-0.3, -0.25) is 10.1 Å². The molecule has 122 valence electrons. The predicted molar refractivity (Wildman–Crippen MR) is 91.3 cm³/mol. The highest BCUT2D eigenvalue weighted by Gasteiger charge is 2.19. The number of halogens is 2. The van der Waals surface area contributed by atoms with Crippen molar-refractivity contribution in [3.8, 4) is 11.3 Å². The fourth-order valence-electron chi connectivity index (χ4n) is 2.30. The SMILES string of the molecule is Cc1ccc(-c2nc(NC(=O)c3c(F)cccc3F)sc2C)cc1. The molecule has 24 heavy (non-hydrogen) atoms. The van der Waals surface area contributed by atoms with Gasteiger partial charge in [0, 0.05) is 10.4 Å². The summed E-state index contributed by atoms with van der Waals surface area (Å²) >= 11 is 1.26. The van der Waals surface area contributed by atoms with Crippen molar-refractivity contribution in [2.24, 2.45) is 0 Å². The zero-order chi connectivity index (χ0) is 17.3. The summed E-state index contributed by atoms with van der Waals surface area (Å²) in [7, 11) is 0. The Morgan fingerprint density at radius 1 is 1.04 bits per heavy atom. The number of aryl methyl sites for hydroxylation is 2. The lowest BCUT2D eigenvalue weighted by Crippen LogP contribution is -2.15. The molecular formula is C18H14F2N2OS. The lowest BCUT2D eigenvalue weighted by molar-refractivity contribution is 0.101. The summed E-state index contributed by atoms with van der Waals surface area (Å²) < 4.78 is 27.3. The molecule has 3 rings (SSSR count). The fraction of sp³-hybridized carbons (Fsp3) is 0.111. The molecule has 0 unspecified atom stereocenters. The second kappa shape index (κ2) is 6.49. The van der Waals surface area contributed by atoms with Crippen LogP contribution in [0.25, 0.3) is 11.3 Å². The lowest BCUT2D eigenvalue weighted by Gasteiger charge is -2.04. The van der Waals surface area contributed by atoms with Crippen LogP contribution in [0, 0.1) is 25.5 Å². The Morgan fingerprint density at radius 3 is 2.29 bits per heavy atom. The smallest absolute Gasteiger partial charge is 0.263 e. The van der Waals surface area contributed by atoms with E-state index in [1.807, 2.05) is 38.1 Å². The number of hydrogen-bond acceptors (Lipinski definition) is 3. The topological polar surface area (TPSA) is 42.0 Å². The number of anilines is 1. The van der Waals surface area contributed by atoms with E-state index in [1.165, 1.54) is 17.4 Å². The van der Waals surface area contributed by atoms with Crippen molar-refractivity contribution >= 4 is 22.4 Å². The van der Waals surface area contributed by atoms with Gasteiger partial charge in [0.1, 0.15) is 17.2 Å². The fourth-order valence-corrected chi connectivity index (χ4v) is 3.13. The van der Waals surface area contributed by atoms with Crippen LogP contribution in [0.1, 0.15) is 20.8 Å². The molecule has 3 aromatic rings. The number of nitrogens with zero attached hydrogens (tertiary/aromatic N) is 1. The van der Waals surface area contributed by atoms with Crippen molar-refractivity contribution in [3.05, 3.63) is 70.1 Å². The van der Waals surface area contributed by atoms with Crippen LogP contribution in [-0.4, -0.2) is 10.9 Å². The van der Waals surface area contributed by atoms with Crippen LogP contribution in [0.15, 0.2) is 42.5 Å². The third-order valence-corrected chi connectivity index (χ3v) is 4.42. The maximum atomic E-state index is 13.7. The Bertz CT molecular complexity index is 884. The molecule has 0 spiro atoms. The quantitative estimate of drug-likeness (QED) is 0.730. The third-order valence-electron chi connectivity index (χ3n) is 3.53. The summed E-state index contributed by atoms with van der Waals surface area (Å²) in [5.41, 5.74) is 2.19. The van der Waals surface area contributed by atoms with Crippen molar-refractivity contribution in [3.63, 3.8) is 0 Å². The number of carbonyl (C=O) groups excluding carboxylic acids is 1. The Kier molecular flexibility index (Phi) is 4.40. The summed E-state index contributed by atoms with van der Waals surface area (Å²) in [6.07, 6.45) is 0. The van der Waals surface area contributed by atoms with Crippen LogP contribution < -0.4 is 5.32 Å². The van der Waals surface area contributed by atoms with Gasteiger partial charge in [-0.25, -0.2) is 13.8 Å². The number of benzene rings is 2. The Morgan fingerprint density at radius 2 is 1.67 bits per heavy atom. The van der Waals surface area contributed by atoms with Crippen LogP contribution in [0.5, 0.6) is 0 Å². The Balaban J connectivity index is 1.88. The molecule has 0 atom stereocenters. The van der Waals surface area contributed by atoms with Gasteiger partial charge >= 0.3 is 0 Å². The molecule has 0 radical (unpaired) electrons. The van der Waals surface area contributed by atoms with E-state index in [9.17, 15) is 13.6 Å². The highest BCUT2D eigenvalue weighted by atomic mass is 32.1. The van der Waals surface area contributed by atoms with Crippen molar-refractivity contribution in [2.75, 3.05) is 5.32 Å². The molecule has 1 aromatic heterocycles. The average molecular weight is 344 g/mol. The van der Waals surface area contributed by atoms with E-state index < -0.39 is 23.1 Å². The highest BCUT2D eigenvalue weighted by Crippen LogP contribution is 2.31. The molecule has 0 aliphatic rings. The van der Waals surface area contributed by atoms with Gasteiger partial charge in [0.15, 0.2) is 5.13 Å². The van der Waals surface area contributed by atoms with Gasteiger partial charge in [0.2, 0.25) is 0 Å². The van der Waals surface area contributed by atoms with E-state index in [0.29, 0.717) is 5.13 Å². The molecule has 2 aromatic carbocycles. The first kappa shape index (κ1) is 16.3. The standard InChI is InChI=1S/C18H14F2N2OS/c1-10-6-8-12(9-7-10)16-11(2)24-18(21-16)22-17(23)15-13(19)4-3-5-14(15)20/h3-9H,1-2H3,(H,21,22,23). The van der Waals surface area contributed by atoms with Crippen LogP contribution in [0.2, 0.25) is 0 Å². The number of carbonyl (C=O) groups is 1. The first-order valence-electron chi connectivity index (χ1n) is 7.25. The van der Waals surface area contributed by atoms with Gasteiger partial charge in [-0.1, -0.05) is 35.9 Å². The Labute approximate surface area is 142 Å². The second-order valence-corrected chi connectivity index (χ2v) is 6.54. The Hall–Kier alpha value is -2.60. The maximum absolute atomic E-state index is 13.7. The van der Waals surface area contributed by atoms with Crippen molar-refractivity contribution in [2.45, 2.75) is 13.8 Å². The van der Waals surface area contributed by atoms with Gasteiger partial charge in [-0.2, -0.15) is 0 Å². The minimum Gasteiger partial charge on any atom is -0.298 e. The molecule has 1 amide bonds. The molecule has 0 aliphatic heterocycles. The van der Waals surface area contributed by atoms with Crippen LogP contribution >= 0.6 is 11.3 Å². The second-order valence-electron chi connectivity index (χ2n) is 5.34. The lowest BCUT2D eigenvalue weighted by atomic mass is 10.1. The van der Waals surface area contributed by atoms with Gasteiger partial charge in [0.25, 0.3) is 5.91 Å². The van der Waals surface area contributed by atoms with E-state index >= 15 is 0 Å². The van der Waals surface area contributed by atoms with E-state index in [2.05, 4.69) is 10.3 Å². The van der Waals surface area contributed by atoms with Gasteiger partial charge in [0.05, 0.1) is 5.69 Å². The van der Waals surface area contributed by atoms with E-state index in [-0.39, 0.29) is 0 Å². The molecule has 0 saturated carbocycles. The van der Waals surface area contributed by atoms with Crippen LogP contribution in [-0.2, 0) is 0 Å². The first-order valence-corrected chi connectivity index (χ1v) is 8.07. The van der Waals surface area contributed by atoms with E-state index in [1.54, 1.807) is 0 Å². The molecular weight excluding hydrogens is 330 g/mol. The monoisotopic (exact) mass is 344 g/mol. The summed E-state index contributed by atoms with van der Waals surface area (Å²) in [5, 5.41) is 2.77. The van der Waals surface area contributed by atoms with Crippen LogP contribution in [0.4, 0.5) is 13.9 Å². The largest absolute Gasteiger partial charge is 0.298 e. The normalized spacial score (nSPS) is 10.7. The molecule has 0 bridgehead atoms. The molecule has 6 heteroatoms. The average Bonchev–Trinajstić information content (AvgIpc) is 2.88. The van der Waals surface area contributed by atoms with Gasteiger partial charge in [-0.15, -0.1) is 11.3 Å². The van der Waals surface area contributed by atoms with Gasteiger partial charge < -0.3 is 0 Å². The molecule has 1 heterocycles. The molecule has 1 N–H and O–H groups in total. The number of thiazole rings is 1. The van der Waals surface area contributed by atoms with Gasteiger partial charge in [-0.05, 0) is 26.0 Å². The summed E-state index contributed by atoms with van der Waals surface area (Å²) in [6.45, 7) is 3.87. The maximum Gasteiger partial charge on any atom is 0.263 e. The molecule has 0 saturated heterocycles. The molecule has 0 aliphatic carbocycles. The molecule has 3 nitrogen and oxygen atoms in total. The number of nitrogens with one attached hydrogen (secondary N) is 1. The minimum absolute atomic E-state index is 0.302. The summed E-state index contributed by atoms with van der Waals surface area (Å²) in [5.74, 6) is -2.66. The number of hydrogen-bond donors (Lipinski definition) is 1. The van der Waals surface area contributed by atoms with E-state index in [0.717, 1.165) is 33.8 Å². The van der Waals surface area contributed by atoms with Crippen molar-refractivity contribution in [1.82, 2.24) is 4.98 Å². The predicted octanol–water partition coefficient (Wildman–Crippen LogP) is 4.96. The highest BCUT2D eigenvalue weighted by molar-refractivity contribution is 7.16. The third kappa shape index (κ3) is 3.19. The summed E-state index contributed by atoms with van der Waals surface area (Å²) in [6, 6.07) is 11.1. The zero-order valence-electron chi connectivity index (χ0n) is 13.1. The van der Waals surface area contributed by atoms with Crippen molar-refractivity contribution < 1.29 is 13.6 Å². The number of amides is 1. The zero-order valence-corrected chi connectivity index (χ0v) is 13.9. The number of aromatic nitrogens is 1. The number of rotatable bonds is 3. The minimum atomic E-state index is -0.903. The summed E-state index contributed by atoms with van der Waals surface area (Å²) in [4.78, 5) is 17.4. The van der Waals surface area contributed by atoms with Crippen molar-refractivity contribution in [1.29, 1.82) is 0 Å². The first-order chi connectivity index (χ1) is 11.5. The van der Waals surface area contributed by atoms with Crippen LogP contribution in [0.3, 0.4) is 0 Å².